The molecule has 1 N–H and O–H groups in total. The van der Waals surface area contributed by atoms with Gasteiger partial charge in [-0.15, -0.1) is 0 Å². The van der Waals surface area contributed by atoms with Crippen molar-refractivity contribution < 1.29 is 0 Å². The summed E-state index contributed by atoms with van der Waals surface area (Å²) >= 11 is 0. The van der Waals surface area contributed by atoms with Crippen molar-refractivity contribution in [2.24, 2.45) is 0 Å². The number of anilines is 2. The molecule has 2 aromatic heterocycles. The van der Waals surface area contributed by atoms with E-state index in [1.165, 1.54) is 11.1 Å². The third kappa shape index (κ3) is 3.50. The molecule has 23 heavy (non-hydrogen) atoms. The Labute approximate surface area is 137 Å². The summed E-state index contributed by atoms with van der Waals surface area (Å²) in [6.45, 7) is 13.2. The SMILES string of the molecule is CC.CCn1ncc(Nc2ncc3cc(C)c(C)cc3n2)c1C. The molecule has 0 amide bonds. The molecule has 0 aliphatic rings. The van der Waals surface area contributed by atoms with Crippen LogP contribution in [-0.2, 0) is 6.54 Å². The zero-order valence-corrected chi connectivity index (χ0v) is 14.8. The van der Waals surface area contributed by atoms with Crippen molar-refractivity contribution >= 4 is 22.5 Å². The maximum atomic E-state index is 4.59. The normalized spacial score (nSPS) is 10.3. The highest BCUT2D eigenvalue weighted by Gasteiger charge is 2.08. The molecular formula is C18H25N5. The van der Waals surface area contributed by atoms with E-state index in [-0.39, 0.29) is 0 Å². The van der Waals surface area contributed by atoms with Crippen LogP contribution in [0.2, 0.25) is 0 Å². The van der Waals surface area contributed by atoms with Crippen LogP contribution in [0.4, 0.5) is 11.6 Å². The van der Waals surface area contributed by atoms with Gasteiger partial charge in [0.2, 0.25) is 5.95 Å². The van der Waals surface area contributed by atoms with Crippen LogP contribution >= 0.6 is 0 Å². The number of benzene rings is 1. The zero-order valence-electron chi connectivity index (χ0n) is 14.8. The number of aryl methyl sites for hydroxylation is 3. The molecule has 0 unspecified atom stereocenters. The first-order chi connectivity index (χ1) is 11.1. The second kappa shape index (κ2) is 7.22. The smallest absolute Gasteiger partial charge is 0.227 e. The van der Waals surface area contributed by atoms with Gasteiger partial charge < -0.3 is 5.32 Å². The average Bonchev–Trinajstić information content (AvgIpc) is 2.91. The minimum Gasteiger partial charge on any atom is -0.321 e. The maximum absolute atomic E-state index is 4.59. The lowest BCUT2D eigenvalue weighted by Gasteiger charge is -2.07. The van der Waals surface area contributed by atoms with Crippen molar-refractivity contribution in [3.63, 3.8) is 0 Å². The lowest BCUT2D eigenvalue weighted by molar-refractivity contribution is 0.640. The van der Waals surface area contributed by atoms with Gasteiger partial charge in [0.05, 0.1) is 23.1 Å². The summed E-state index contributed by atoms with van der Waals surface area (Å²) in [6, 6.07) is 4.22. The van der Waals surface area contributed by atoms with Gasteiger partial charge >= 0.3 is 0 Å². The summed E-state index contributed by atoms with van der Waals surface area (Å²) in [5, 5.41) is 8.62. The van der Waals surface area contributed by atoms with Crippen LogP contribution in [0.5, 0.6) is 0 Å². The second-order valence-electron chi connectivity index (χ2n) is 5.27. The van der Waals surface area contributed by atoms with Crippen LogP contribution in [0.25, 0.3) is 10.9 Å². The lowest BCUT2D eigenvalue weighted by atomic mass is 10.1. The molecule has 5 heteroatoms. The summed E-state index contributed by atoms with van der Waals surface area (Å²) in [4.78, 5) is 8.98. The van der Waals surface area contributed by atoms with Crippen LogP contribution in [0.1, 0.15) is 37.6 Å². The van der Waals surface area contributed by atoms with E-state index >= 15 is 0 Å². The fourth-order valence-electron chi connectivity index (χ4n) is 2.37. The molecule has 0 aliphatic heterocycles. The summed E-state index contributed by atoms with van der Waals surface area (Å²) in [6.07, 6.45) is 3.67. The summed E-state index contributed by atoms with van der Waals surface area (Å²) in [5.41, 5.74) is 5.48. The minimum absolute atomic E-state index is 0.601. The van der Waals surface area contributed by atoms with Gasteiger partial charge in [-0.25, -0.2) is 9.97 Å². The molecule has 1 aromatic carbocycles. The van der Waals surface area contributed by atoms with Gasteiger partial charge in [0.25, 0.3) is 0 Å². The highest BCUT2D eigenvalue weighted by molar-refractivity contribution is 5.80. The van der Waals surface area contributed by atoms with Crippen molar-refractivity contribution in [3.8, 4) is 0 Å². The van der Waals surface area contributed by atoms with Crippen molar-refractivity contribution in [2.75, 3.05) is 5.32 Å². The highest BCUT2D eigenvalue weighted by atomic mass is 15.3. The predicted molar refractivity (Wildman–Crippen MR) is 96.3 cm³/mol. The molecule has 0 aliphatic carbocycles. The van der Waals surface area contributed by atoms with E-state index in [1.807, 2.05) is 37.8 Å². The first-order valence-corrected chi connectivity index (χ1v) is 8.12. The molecule has 0 saturated heterocycles. The van der Waals surface area contributed by atoms with Gasteiger partial charge in [0.1, 0.15) is 0 Å². The van der Waals surface area contributed by atoms with Crippen molar-refractivity contribution in [3.05, 3.63) is 41.3 Å². The number of hydrogen-bond acceptors (Lipinski definition) is 4. The van der Waals surface area contributed by atoms with Crippen LogP contribution in [-0.4, -0.2) is 19.7 Å². The Hall–Kier alpha value is -2.43. The number of fused-ring (bicyclic) bond motifs is 1. The Kier molecular flexibility index (Phi) is 5.32. The van der Waals surface area contributed by atoms with Crippen LogP contribution in [0, 0.1) is 20.8 Å². The van der Waals surface area contributed by atoms with E-state index < -0.39 is 0 Å². The fourth-order valence-corrected chi connectivity index (χ4v) is 2.37. The van der Waals surface area contributed by atoms with Crippen LogP contribution < -0.4 is 5.32 Å². The standard InChI is InChI=1S/C16H19N5.C2H6/c1-5-21-12(4)15(9-18-21)20-16-17-8-13-6-10(2)11(3)7-14(13)19-16;1-2/h6-9H,5H2,1-4H3,(H,17,19,20);1-2H3. The molecule has 0 radical (unpaired) electrons. The van der Waals surface area contributed by atoms with E-state index in [0.29, 0.717) is 5.95 Å². The molecule has 0 fully saturated rings. The third-order valence-electron chi connectivity index (χ3n) is 3.84. The largest absolute Gasteiger partial charge is 0.321 e. The number of rotatable bonds is 3. The first-order valence-electron chi connectivity index (χ1n) is 8.12. The first kappa shape index (κ1) is 16.9. The Bertz CT molecular complexity index is 805. The number of aromatic nitrogens is 4. The molecule has 122 valence electrons. The summed E-state index contributed by atoms with van der Waals surface area (Å²) in [5.74, 6) is 0.601. The molecule has 0 saturated carbocycles. The van der Waals surface area contributed by atoms with E-state index in [1.54, 1.807) is 0 Å². The lowest BCUT2D eigenvalue weighted by Crippen LogP contribution is -2.01. The van der Waals surface area contributed by atoms with E-state index in [2.05, 4.69) is 53.3 Å². The summed E-state index contributed by atoms with van der Waals surface area (Å²) < 4.78 is 1.94. The van der Waals surface area contributed by atoms with Crippen molar-refractivity contribution in [2.45, 2.75) is 48.1 Å². The molecule has 3 aromatic rings. The third-order valence-corrected chi connectivity index (χ3v) is 3.84. The number of hydrogen-bond donors (Lipinski definition) is 1. The van der Waals surface area contributed by atoms with Gasteiger partial charge in [-0.2, -0.15) is 5.10 Å². The number of nitrogens with one attached hydrogen (secondary N) is 1. The Morgan fingerprint density at radius 2 is 1.74 bits per heavy atom. The Balaban J connectivity index is 0.000000924. The van der Waals surface area contributed by atoms with Crippen molar-refractivity contribution in [1.82, 2.24) is 19.7 Å². The Morgan fingerprint density at radius 1 is 1.04 bits per heavy atom. The van der Waals surface area contributed by atoms with Crippen LogP contribution in [0.15, 0.2) is 24.5 Å². The maximum Gasteiger partial charge on any atom is 0.227 e. The molecule has 3 rings (SSSR count). The Morgan fingerprint density at radius 3 is 2.39 bits per heavy atom. The van der Waals surface area contributed by atoms with E-state index in [9.17, 15) is 0 Å². The van der Waals surface area contributed by atoms with E-state index in [0.717, 1.165) is 28.8 Å². The second-order valence-corrected chi connectivity index (χ2v) is 5.27. The molecular weight excluding hydrogens is 286 g/mol. The quantitative estimate of drug-likeness (QED) is 0.771. The van der Waals surface area contributed by atoms with Crippen LogP contribution in [0.3, 0.4) is 0 Å². The van der Waals surface area contributed by atoms with Gasteiger partial charge in [0, 0.05) is 18.1 Å². The van der Waals surface area contributed by atoms with E-state index in [4.69, 9.17) is 0 Å². The molecule has 0 bridgehead atoms. The van der Waals surface area contributed by atoms with Crippen molar-refractivity contribution in [1.29, 1.82) is 0 Å². The van der Waals surface area contributed by atoms with Gasteiger partial charge in [-0.1, -0.05) is 13.8 Å². The summed E-state index contributed by atoms with van der Waals surface area (Å²) in [7, 11) is 0. The molecule has 2 heterocycles. The molecule has 0 atom stereocenters. The monoisotopic (exact) mass is 311 g/mol. The van der Waals surface area contributed by atoms with Gasteiger partial charge in [0.15, 0.2) is 0 Å². The predicted octanol–water partition coefficient (Wildman–Crippen LogP) is 4.54. The average molecular weight is 311 g/mol. The molecule has 0 spiro atoms. The highest BCUT2D eigenvalue weighted by Crippen LogP contribution is 2.21. The van der Waals surface area contributed by atoms with Gasteiger partial charge in [-0.05, 0) is 51.0 Å². The number of nitrogens with zero attached hydrogens (tertiary/aromatic N) is 4. The topological polar surface area (TPSA) is 55.6 Å². The van der Waals surface area contributed by atoms with Gasteiger partial charge in [-0.3, -0.25) is 4.68 Å². The minimum atomic E-state index is 0.601. The molecule has 5 nitrogen and oxygen atoms in total. The zero-order chi connectivity index (χ0) is 17.0. The fraction of sp³-hybridized carbons (Fsp3) is 0.389.